The van der Waals surface area contributed by atoms with E-state index < -0.39 is 0 Å². The minimum Gasteiger partial charge on any atom is -0.367 e. The summed E-state index contributed by atoms with van der Waals surface area (Å²) < 4.78 is 0. The van der Waals surface area contributed by atoms with Crippen molar-refractivity contribution in [1.82, 2.24) is 4.90 Å². The minimum absolute atomic E-state index is 0.108. The Morgan fingerprint density at radius 2 is 1.87 bits per heavy atom. The van der Waals surface area contributed by atoms with E-state index in [2.05, 4.69) is 5.32 Å². The van der Waals surface area contributed by atoms with Crippen LogP contribution in [0.25, 0.3) is 6.08 Å². The Kier molecular flexibility index (Phi) is 4.69. The lowest BCUT2D eigenvalue weighted by atomic mass is 10.2. The van der Waals surface area contributed by atoms with Gasteiger partial charge in [-0.1, -0.05) is 48.0 Å². The molecule has 4 nitrogen and oxygen atoms in total. The normalized spacial score (nSPS) is 16.2. The third kappa shape index (κ3) is 3.75. The number of carbonyl (C=O) groups excluding carboxylic acids is 2. The summed E-state index contributed by atoms with van der Waals surface area (Å²) >= 11 is 6.86. The SMILES string of the molecule is O=C1S/C(=C\c2ccccc2)C(=O)N1CNc1cccc(Cl)c1. The second-order valence-corrected chi connectivity index (χ2v) is 6.30. The maximum atomic E-state index is 12.4. The first-order valence-corrected chi connectivity index (χ1v) is 8.13. The molecule has 1 N–H and O–H groups in total. The van der Waals surface area contributed by atoms with Crippen molar-refractivity contribution in [1.29, 1.82) is 0 Å². The maximum Gasteiger partial charge on any atom is 0.295 e. The van der Waals surface area contributed by atoms with Gasteiger partial charge in [0.15, 0.2) is 0 Å². The summed E-state index contributed by atoms with van der Waals surface area (Å²) in [6.07, 6.45) is 1.73. The lowest BCUT2D eigenvalue weighted by Gasteiger charge is -2.14. The molecule has 3 rings (SSSR count). The van der Waals surface area contributed by atoms with E-state index >= 15 is 0 Å². The Morgan fingerprint density at radius 3 is 2.61 bits per heavy atom. The fourth-order valence-electron chi connectivity index (χ4n) is 2.11. The molecule has 116 valence electrons. The molecular weight excluding hydrogens is 332 g/mol. The molecule has 1 saturated heterocycles. The van der Waals surface area contributed by atoms with Crippen LogP contribution in [0, 0.1) is 0 Å². The molecule has 0 unspecified atom stereocenters. The fourth-order valence-corrected chi connectivity index (χ4v) is 3.13. The molecule has 0 aliphatic carbocycles. The topological polar surface area (TPSA) is 49.4 Å². The average molecular weight is 345 g/mol. The van der Waals surface area contributed by atoms with E-state index in [1.165, 1.54) is 4.90 Å². The van der Waals surface area contributed by atoms with Gasteiger partial charge in [0.05, 0.1) is 11.6 Å². The summed E-state index contributed by atoms with van der Waals surface area (Å²) in [4.78, 5) is 26.0. The van der Waals surface area contributed by atoms with E-state index in [1.807, 2.05) is 36.4 Å². The Bertz CT molecular complexity index is 777. The molecule has 1 aliphatic rings. The van der Waals surface area contributed by atoms with Crippen molar-refractivity contribution in [3.8, 4) is 0 Å². The quantitative estimate of drug-likeness (QED) is 0.833. The molecule has 2 amide bonds. The highest BCUT2D eigenvalue weighted by Crippen LogP contribution is 2.32. The first-order chi connectivity index (χ1) is 11.1. The summed E-state index contributed by atoms with van der Waals surface area (Å²) in [6.45, 7) is 0.108. The van der Waals surface area contributed by atoms with E-state index in [9.17, 15) is 9.59 Å². The van der Waals surface area contributed by atoms with Gasteiger partial charge in [-0.15, -0.1) is 0 Å². The van der Waals surface area contributed by atoms with E-state index in [0.29, 0.717) is 9.93 Å². The second-order valence-electron chi connectivity index (χ2n) is 4.87. The Hall–Kier alpha value is -2.24. The molecule has 1 aliphatic heterocycles. The van der Waals surface area contributed by atoms with Gasteiger partial charge in [-0.25, -0.2) is 0 Å². The third-order valence-corrected chi connectivity index (χ3v) is 4.38. The lowest BCUT2D eigenvalue weighted by Crippen LogP contribution is -2.33. The predicted molar refractivity (Wildman–Crippen MR) is 94.2 cm³/mol. The van der Waals surface area contributed by atoms with E-state index in [4.69, 9.17) is 11.6 Å². The predicted octanol–water partition coefficient (Wildman–Crippen LogP) is 4.45. The zero-order chi connectivity index (χ0) is 16.2. The molecule has 0 atom stereocenters. The molecule has 6 heteroatoms. The van der Waals surface area contributed by atoms with Crippen molar-refractivity contribution >= 4 is 46.3 Å². The summed E-state index contributed by atoms with van der Waals surface area (Å²) in [5.41, 5.74) is 1.64. The Labute approximate surface area is 143 Å². The molecule has 0 spiro atoms. The lowest BCUT2D eigenvalue weighted by molar-refractivity contribution is -0.122. The van der Waals surface area contributed by atoms with Gasteiger partial charge in [0.1, 0.15) is 0 Å². The number of anilines is 1. The van der Waals surface area contributed by atoms with Crippen molar-refractivity contribution in [2.75, 3.05) is 12.0 Å². The van der Waals surface area contributed by atoms with Crippen molar-refractivity contribution < 1.29 is 9.59 Å². The molecular formula is C17H13ClN2O2S. The molecule has 0 aromatic heterocycles. The zero-order valence-electron chi connectivity index (χ0n) is 12.0. The van der Waals surface area contributed by atoms with Crippen LogP contribution in [0.15, 0.2) is 59.5 Å². The Morgan fingerprint density at radius 1 is 1.09 bits per heavy atom. The van der Waals surface area contributed by atoms with Crippen LogP contribution in [-0.2, 0) is 4.79 Å². The molecule has 2 aromatic rings. The average Bonchev–Trinajstić information content (AvgIpc) is 2.80. The second kappa shape index (κ2) is 6.89. The number of imide groups is 1. The number of thioether (sulfide) groups is 1. The van der Waals surface area contributed by atoms with Crippen LogP contribution in [-0.4, -0.2) is 22.7 Å². The van der Waals surface area contributed by atoms with Crippen LogP contribution in [0.4, 0.5) is 10.5 Å². The van der Waals surface area contributed by atoms with Crippen LogP contribution in [0.5, 0.6) is 0 Å². The van der Waals surface area contributed by atoms with Crippen LogP contribution < -0.4 is 5.32 Å². The van der Waals surface area contributed by atoms with Crippen LogP contribution in [0.1, 0.15) is 5.56 Å². The number of carbonyl (C=O) groups is 2. The number of hydrogen-bond acceptors (Lipinski definition) is 4. The van der Waals surface area contributed by atoms with Crippen molar-refractivity contribution in [2.45, 2.75) is 0 Å². The van der Waals surface area contributed by atoms with Gasteiger partial charge in [-0.05, 0) is 41.6 Å². The van der Waals surface area contributed by atoms with Crippen LogP contribution in [0.3, 0.4) is 0 Å². The highest BCUT2D eigenvalue weighted by Gasteiger charge is 2.34. The van der Waals surface area contributed by atoms with Crippen molar-refractivity contribution in [3.05, 3.63) is 70.1 Å². The van der Waals surface area contributed by atoms with Crippen molar-refractivity contribution in [3.63, 3.8) is 0 Å². The molecule has 2 aromatic carbocycles. The first-order valence-electron chi connectivity index (χ1n) is 6.93. The van der Waals surface area contributed by atoms with Gasteiger partial charge in [0.2, 0.25) is 0 Å². The zero-order valence-corrected chi connectivity index (χ0v) is 13.6. The Balaban J connectivity index is 1.70. The summed E-state index contributed by atoms with van der Waals surface area (Å²) in [5.74, 6) is -0.293. The minimum atomic E-state index is -0.293. The summed E-state index contributed by atoms with van der Waals surface area (Å²) in [7, 11) is 0. The number of nitrogens with one attached hydrogen (secondary N) is 1. The number of amides is 2. The monoisotopic (exact) mass is 344 g/mol. The molecule has 1 heterocycles. The first kappa shape index (κ1) is 15.6. The summed E-state index contributed by atoms with van der Waals surface area (Å²) in [6, 6.07) is 16.6. The van der Waals surface area contributed by atoms with Crippen LogP contribution >= 0.6 is 23.4 Å². The highest BCUT2D eigenvalue weighted by molar-refractivity contribution is 8.18. The van der Waals surface area contributed by atoms with E-state index in [1.54, 1.807) is 24.3 Å². The van der Waals surface area contributed by atoms with E-state index in [0.717, 1.165) is 23.0 Å². The van der Waals surface area contributed by atoms with Gasteiger partial charge in [-0.2, -0.15) is 0 Å². The molecule has 1 fully saturated rings. The molecule has 0 radical (unpaired) electrons. The molecule has 23 heavy (non-hydrogen) atoms. The number of nitrogens with zero attached hydrogens (tertiary/aromatic N) is 1. The summed E-state index contributed by atoms with van der Waals surface area (Å²) in [5, 5.41) is 3.34. The van der Waals surface area contributed by atoms with Gasteiger partial charge < -0.3 is 5.32 Å². The molecule has 0 saturated carbocycles. The number of rotatable bonds is 4. The van der Waals surface area contributed by atoms with E-state index in [-0.39, 0.29) is 17.8 Å². The number of hydrogen-bond donors (Lipinski definition) is 1. The highest BCUT2D eigenvalue weighted by atomic mass is 35.5. The fraction of sp³-hybridized carbons (Fsp3) is 0.0588. The van der Waals surface area contributed by atoms with Gasteiger partial charge in [0, 0.05) is 10.7 Å². The standard InChI is InChI=1S/C17H13ClN2O2S/c18-13-7-4-8-14(10-13)19-11-20-16(21)15(23-17(20)22)9-12-5-2-1-3-6-12/h1-10,19H,11H2/b15-9-. The van der Waals surface area contributed by atoms with Gasteiger partial charge in [0.25, 0.3) is 11.1 Å². The van der Waals surface area contributed by atoms with Gasteiger partial charge >= 0.3 is 0 Å². The number of benzene rings is 2. The maximum absolute atomic E-state index is 12.4. The number of halogens is 1. The third-order valence-electron chi connectivity index (χ3n) is 3.24. The van der Waals surface area contributed by atoms with Gasteiger partial charge in [-0.3, -0.25) is 14.5 Å². The van der Waals surface area contributed by atoms with Crippen LogP contribution in [0.2, 0.25) is 5.02 Å². The largest absolute Gasteiger partial charge is 0.367 e. The smallest absolute Gasteiger partial charge is 0.295 e. The van der Waals surface area contributed by atoms with Crippen molar-refractivity contribution in [2.24, 2.45) is 0 Å². The molecule has 0 bridgehead atoms.